The Hall–Kier alpha value is -2.20. The molecule has 1 unspecified atom stereocenters. The number of ether oxygens (including phenoxy) is 1. The van der Waals surface area contributed by atoms with Crippen LogP contribution in [0.2, 0.25) is 0 Å². The van der Waals surface area contributed by atoms with Crippen LogP contribution >= 0.6 is 19.3 Å². The van der Waals surface area contributed by atoms with Crippen molar-refractivity contribution in [2.45, 2.75) is 61.1 Å². The van der Waals surface area contributed by atoms with E-state index in [1.54, 1.807) is 64.1 Å². The second-order valence-corrected chi connectivity index (χ2v) is 13.6. The molecular weight excluding hydrogens is 538 g/mol. The van der Waals surface area contributed by atoms with Crippen molar-refractivity contribution in [3.63, 3.8) is 0 Å². The number of alkyl halides is 3. The number of esters is 1. The third-order valence-electron chi connectivity index (χ3n) is 6.39. The lowest BCUT2D eigenvalue weighted by atomic mass is 9.98. The predicted octanol–water partition coefficient (Wildman–Crippen LogP) is 6.55. The molecular formula is C26H35F3N3O4PS. The van der Waals surface area contributed by atoms with Gasteiger partial charge in [-0.05, 0) is 52.0 Å². The number of halogens is 3. The van der Waals surface area contributed by atoms with Gasteiger partial charge in [-0.2, -0.15) is 13.2 Å². The van der Waals surface area contributed by atoms with Crippen LogP contribution < -0.4 is 9.80 Å². The van der Waals surface area contributed by atoms with Crippen LogP contribution in [-0.2, 0) is 24.0 Å². The average molecular weight is 574 g/mol. The van der Waals surface area contributed by atoms with Gasteiger partial charge in [0.05, 0.1) is 0 Å². The molecule has 2 aromatic carbocycles. The van der Waals surface area contributed by atoms with E-state index in [-0.39, 0.29) is 11.1 Å². The molecule has 0 N–H and O–H groups in total. The molecule has 0 aliphatic carbocycles. The van der Waals surface area contributed by atoms with Gasteiger partial charge in [-0.25, -0.2) is 9.46 Å². The first-order valence-electron chi connectivity index (χ1n) is 12.1. The highest BCUT2D eigenvalue weighted by molar-refractivity contribution is 7.99. The molecule has 0 saturated carbocycles. The van der Waals surface area contributed by atoms with Gasteiger partial charge in [0.15, 0.2) is 0 Å². The first kappa shape index (κ1) is 30.3. The van der Waals surface area contributed by atoms with Gasteiger partial charge in [-0.15, -0.1) is 0 Å². The Morgan fingerprint density at radius 3 is 1.63 bits per heavy atom. The molecule has 1 aliphatic rings. The number of hydrogen-bond donors (Lipinski definition) is 0. The molecule has 0 radical (unpaired) electrons. The number of carbonyl (C=O) groups excluding carboxylic acids is 1. The molecule has 1 atom stereocenters. The molecule has 0 bridgehead atoms. The van der Waals surface area contributed by atoms with Crippen molar-refractivity contribution in [3.8, 4) is 0 Å². The summed E-state index contributed by atoms with van der Waals surface area (Å²) in [7, 11) is 4.09. The van der Waals surface area contributed by atoms with E-state index < -0.39 is 37.1 Å². The van der Waals surface area contributed by atoms with Gasteiger partial charge in [0.25, 0.3) is 5.34 Å². The molecule has 38 heavy (non-hydrogen) atoms. The average Bonchev–Trinajstić information content (AvgIpc) is 2.81. The van der Waals surface area contributed by atoms with Crippen molar-refractivity contribution in [2.24, 2.45) is 0 Å². The van der Waals surface area contributed by atoms with Crippen molar-refractivity contribution in [1.29, 1.82) is 0 Å². The number of benzene rings is 2. The number of rotatable bonds is 8. The number of fused-ring (bicyclic) bond motifs is 2. The Kier molecular flexibility index (Phi) is 8.59. The topological polar surface area (TPSA) is 62.3 Å². The third kappa shape index (κ3) is 5.06. The largest absolute Gasteiger partial charge is 0.490 e. The van der Waals surface area contributed by atoms with Gasteiger partial charge in [-0.1, -0.05) is 23.9 Å². The Morgan fingerprint density at radius 2 is 1.32 bits per heavy atom. The highest BCUT2D eigenvalue weighted by atomic mass is 32.2. The zero-order valence-electron chi connectivity index (χ0n) is 23.1. The highest BCUT2D eigenvalue weighted by Gasteiger charge is 2.64. The SMILES string of the molecule is COP(=O)(N(C(C)C)C(C)C)C1(OC(=O)C(F)(F)F)c2ccc(N(C)C)cc2Sc2cc(N(C)C)ccc21. The van der Waals surface area contributed by atoms with Gasteiger partial charge in [-0.3, -0.25) is 4.57 Å². The molecule has 0 saturated heterocycles. The lowest BCUT2D eigenvalue weighted by molar-refractivity contribution is -0.207. The van der Waals surface area contributed by atoms with Crippen LogP contribution in [0.1, 0.15) is 38.8 Å². The van der Waals surface area contributed by atoms with E-state index in [0.29, 0.717) is 9.79 Å². The van der Waals surface area contributed by atoms with Crippen LogP contribution in [0.25, 0.3) is 0 Å². The minimum atomic E-state index is -5.33. The fraction of sp³-hybridized carbons (Fsp3) is 0.500. The van der Waals surface area contributed by atoms with Crippen LogP contribution in [0.5, 0.6) is 0 Å². The summed E-state index contributed by atoms with van der Waals surface area (Å²) >= 11 is 1.32. The van der Waals surface area contributed by atoms with E-state index in [4.69, 9.17) is 9.26 Å². The fourth-order valence-corrected chi connectivity index (χ4v) is 9.40. The molecule has 210 valence electrons. The summed E-state index contributed by atoms with van der Waals surface area (Å²) in [6.07, 6.45) is -5.33. The van der Waals surface area contributed by atoms with Gasteiger partial charge in [0.1, 0.15) is 0 Å². The fourth-order valence-electron chi connectivity index (χ4n) is 4.82. The van der Waals surface area contributed by atoms with Crippen molar-refractivity contribution < 1.29 is 31.8 Å². The summed E-state index contributed by atoms with van der Waals surface area (Å²) < 4.78 is 69.6. The molecule has 1 heterocycles. The van der Waals surface area contributed by atoms with E-state index in [9.17, 15) is 18.0 Å². The van der Waals surface area contributed by atoms with E-state index in [0.717, 1.165) is 11.4 Å². The van der Waals surface area contributed by atoms with E-state index in [2.05, 4.69) is 0 Å². The second kappa shape index (κ2) is 10.8. The number of anilines is 2. The smallest absolute Gasteiger partial charge is 0.430 e. The zero-order chi connectivity index (χ0) is 28.8. The Balaban J connectivity index is 2.55. The molecule has 0 spiro atoms. The van der Waals surface area contributed by atoms with Gasteiger partial charge >= 0.3 is 19.7 Å². The van der Waals surface area contributed by atoms with Crippen LogP contribution in [0, 0.1) is 0 Å². The van der Waals surface area contributed by atoms with Crippen molar-refractivity contribution in [3.05, 3.63) is 47.5 Å². The summed E-state index contributed by atoms with van der Waals surface area (Å²) in [6, 6.07) is 9.28. The van der Waals surface area contributed by atoms with E-state index in [1.807, 2.05) is 38.0 Å². The molecule has 12 heteroatoms. The van der Waals surface area contributed by atoms with Crippen molar-refractivity contribution in [2.75, 3.05) is 45.1 Å². The highest BCUT2D eigenvalue weighted by Crippen LogP contribution is 2.74. The number of nitrogens with zero attached hydrogens (tertiary/aromatic N) is 3. The van der Waals surface area contributed by atoms with Gasteiger partial charge in [0.2, 0.25) is 0 Å². The molecule has 0 aromatic heterocycles. The van der Waals surface area contributed by atoms with E-state index in [1.165, 1.54) is 23.5 Å². The lowest BCUT2D eigenvalue weighted by Crippen LogP contribution is -2.48. The van der Waals surface area contributed by atoms with E-state index >= 15 is 4.57 Å². The standard InChI is InChI=1S/C26H35F3N3O4PS/c1-16(2)32(17(3)4)37(34,35-9)25(36-24(33)26(27,28)29)20-12-10-18(30(5)6)14-22(20)38-23-15-19(31(7)8)11-13-21(23)25/h10-17H,1-9H3. The molecule has 3 rings (SSSR count). The van der Waals surface area contributed by atoms with Crippen LogP contribution in [0.15, 0.2) is 46.2 Å². The second-order valence-electron chi connectivity index (χ2n) is 10.1. The number of carbonyl (C=O) groups is 1. The van der Waals surface area contributed by atoms with Gasteiger partial charge < -0.3 is 19.1 Å². The number of hydrogen-bond acceptors (Lipinski definition) is 7. The summed E-state index contributed by atoms with van der Waals surface area (Å²) in [4.78, 5) is 17.4. The summed E-state index contributed by atoms with van der Waals surface area (Å²) in [5.74, 6) is -2.44. The minimum Gasteiger partial charge on any atom is -0.430 e. The Labute approximate surface area is 226 Å². The molecule has 0 amide bonds. The summed E-state index contributed by atoms with van der Waals surface area (Å²) in [5, 5.41) is -2.39. The Bertz CT molecular complexity index is 1190. The Morgan fingerprint density at radius 1 is 0.895 bits per heavy atom. The van der Waals surface area contributed by atoms with Gasteiger partial charge in [0, 0.05) is 79.7 Å². The lowest BCUT2D eigenvalue weighted by Gasteiger charge is -2.49. The molecule has 2 aromatic rings. The normalized spacial score (nSPS) is 16.2. The van der Waals surface area contributed by atoms with Crippen molar-refractivity contribution in [1.82, 2.24) is 4.67 Å². The van der Waals surface area contributed by atoms with Crippen LogP contribution in [0.4, 0.5) is 24.5 Å². The summed E-state index contributed by atoms with van der Waals surface area (Å²) in [5.41, 5.74) is 1.90. The minimum absolute atomic E-state index is 0.173. The monoisotopic (exact) mass is 573 g/mol. The van der Waals surface area contributed by atoms with Crippen LogP contribution in [0.3, 0.4) is 0 Å². The first-order valence-corrected chi connectivity index (χ1v) is 14.5. The predicted molar refractivity (Wildman–Crippen MR) is 145 cm³/mol. The maximum absolute atomic E-state index is 15.3. The van der Waals surface area contributed by atoms with Crippen molar-refractivity contribution >= 4 is 36.6 Å². The third-order valence-corrected chi connectivity index (χ3v) is 10.9. The maximum Gasteiger partial charge on any atom is 0.490 e. The summed E-state index contributed by atoms with van der Waals surface area (Å²) in [6.45, 7) is 7.09. The first-order chi connectivity index (χ1) is 17.5. The zero-order valence-corrected chi connectivity index (χ0v) is 24.8. The quantitative estimate of drug-likeness (QED) is 0.260. The molecule has 0 fully saturated rings. The molecule has 1 aliphatic heterocycles. The van der Waals surface area contributed by atoms with Crippen LogP contribution in [-0.4, -0.2) is 64.2 Å². The molecule has 7 nitrogen and oxygen atoms in total. The maximum atomic E-state index is 15.3.